The molecule has 0 saturated carbocycles. The molecule has 0 atom stereocenters. The highest BCUT2D eigenvalue weighted by Crippen LogP contribution is 2.39. The Labute approximate surface area is 151 Å². The number of aromatic nitrogens is 2. The normalized spacial score (nSPS) is 12.2. The first kappa shape index (κ1) is 16.1. The molecule has 0 fully saturated rings. The summed E-state index contributed by atoms with van der Waals surface area (Å²) in [6.45, 7) is 0.616. The van der Waals surface area contributed by atoms with Crippen molar-refractivity contribution in [2.45, 2.75) is 6.42 Å². The first-order chi connectivity index (χ1) is 12.8. The molecule has 2 aromatic heterocycles. The van der Waals surface area contributed by atoms with E-state index in [9.17, 15) is 4.79 Å². The number of nitrogens with one attached hydrogen (secondary N) is 2. The molecule has 130 valence electrons. The SMILES string of the molecule is CNC(=O)c1cccc(-c2cnc(Nc3cccnc3)c3c2CCO3)c1. The van der Waals surface area contributed by atoms with E-state index in [-0.39, 0.29) is 5.91 Å². The van der Waals surface area contributed by atoms with E-state index in [4.69, 9.17) is 4.74 Å². The lowest BCUT2D eigenvalue weighted by Crippen LogP contribution is -2.17. The van der Waals surface area contributed by atoms with Crippen molar-refractivity contribution in [3.63, 3.8) is 0 Å². The largest absolute Gasteiger partial charge is 0.489 e. The third kappa shape index (κ3) is 2.97. The average molecular weight is 346 g/mol. The Morgan fingerprint density at radius 3 is 2.92 bits per heavy atom. The van der Waals surface area contributed by atoms with Crippen LogP contribution in [0.5, 0.6) is 5.75 Å². The molecule has 4 rings (SSSR count). The zero-order valence-corrected chi connectivity index (χ0v) is 14.3. The van der Waals surface area contributed by atoms with Gasteiger partial charge in [0.15, 0.2) is 11.6 Å². The predicted octanol–water partition coefficient (Wildman–Crippen LogP) is 3.18. The molecule has 1 aliphatic heterocycles. The van der Waals surface area contributed by atoms with E-state index in [2.05, 4.69) is 20.6 Å². The second kappa shape index (κ2) is 6.84. The van der Waals surface area contributed by atoms with Crippen LogP contribution in [-0.2, 0) is 6.42 Å². The number of hydrogen-bond donors (Lipinski definition) is 2. The van der Waals surface area contributed by atoms with Gasteiger partial charge in [-0.2, -0.15) is 0 Å². The van der Waals surface area contributed by atoms with Gasteiger partial charge in [-0.25, -0.2) is 4.98 Å². The van der Waals surface area contributed by atoms with Crippen LogP contribution < -0.4 is 15.4 Å². The van der Waals surface area contributed by atoms with Gasteiger partial charge in [-0.3, -0.25) is 9.78 Å². The van der Waals surface area contributed by atoms with E-state index in [1.165, 1.54) is 0 Å². The molecule has 0 spiro atoms. The molecule has 3 aromatic rings. The predicted molar refractivity (Wildman–Crippen MR) is 99.8 cm³/mol. The molecule has 0 bridgehead atoms. The Hall–Kier alpha value is -3.41. The number of amides is 1. The summed E-state index contributed by atoms with van der Waals surface area (Å²) in [5.41, 5.74) is 4.51. The lowest BCUT2D eigenvalue weighted by molar-refractivity contribution is 0.0963. The summed E-state index contributed by atoms with van der Waals surface area (Å²) in [6.07, 6.45) is 6.10. The maximum absolute atomic E-state index is 11.9. The highest BCUT2D eigenvalue weighted by Gasteiger charge is 2.23. The minimum atomic E-state index is -0.109. The van der Waals surface area contributed by atoms with Gasteiger partial charge in [0.2, 0.25) is 0 Å². The van der Waals surface area contributed by atoms with Crippen molar-refractivity contribution in [1.29, 1.82) is 0 Å². The average Bonchev–Trinajstić information content (AvgIpc) is 3.19. The number of anilines is 2. The number of hydrogen-bond acceptors (Lipinski definition) is 5. The van der Waals surface area contributed by atoms with E-state index in [1.807, 2.05) is 36.5 Å². The lowest BCUT2D eigenvalue weighted by Gasteiger charge is -2.13. The third-order valence-electron chi connectivity index (χ3n) is 4.32. The smallest absolute Gasteiger partial charge is 0.251 e. The van der Waals surface area contributed by atoms with Gasteiger partial charge in [0.05, 0.1) is 18.5 Å². The fourth-order valence-corrected chi connectivity index (χ4v) is 3.07. The van der Waals surface area contributed by atoms with Gasteiger partial charge in [-0.05, 0) is 29.8 Å². The van der Waals surface area contributed by atoms with Crippen LogP contribution in [0.4, 0.5) is 11.5 Å². The van der Waals surface area contributed by atoms with E-state index in [1.54, 1.807) is 25.5 Å². The van der Waals surface area contributed by atoms with Crippen LogP contribution in [0.2, 0.25) is 0 Å². The third-order valence-corrected chi connectivity index (χ3v) is 4.32. The Kier molecular flexibility index (Phi) is 4.23. The summed E-state index contributed by atoms with van der Waals surface area (Å²) in [5.74, 6) is 1.33. The molecule has 1 aromatic carbocycles. The molecule has 0 unspecified atom stereocenters. The number of carbonyl (C=O) groups excluding carboxylic acids is 1. The molecule has 0 aliphatic carbocycles. The Morgan fingerprint density at radius 2 is 2.12 bits per heavy atom. The van der Waals surface area contributed by atoms with Gasteiger partial charge in [-0.1, -0.05) is 12.1 Å². The highest BCUT2D eigenvalue weighted by molar-refractivity contribution is 5.95. The lowest BCUT2D eigenvalue weighted by atomic mass is 9.98. The summed E-state index contributed by atoms with van der Waals surface area (Å²) in [6, 6.07) is 11.3. The monoisotopic (exact) mass is 346 g/mol. The topological polar surface area (TPSA) is 76.1 Å². The van der Waals surface area contributed by atoms with E-state index in [0.717, 1.165) is 34.5 Å². The maximum Gasteiger partial charge on any atom is 0.251 e. The molecule has 1 aliphatic rings. The molecule has 26 heavy (non-hydrogen) atoms. The Morgan fingerprint density at radius 1 is 1.19 bits per heavy atom. The van der Waals surface area contributed by atoms with E-state index < -0.39 is 0 Å². The number of carbonyl (C=O) groups is 1. The number of nitrogens with zero attached hydrogens (tertiary/aromatic N) is 2. The summed E-state index contributed by atoms with van der Waals surface area (Å²) in [7, 11) is 1.63. The number of fused-ring (bicyclic) bond motifs is 1. The first-order valence-electron chi connectivity index (χ1n) is 8.40. The van der Waals surface area contributed by atoms with Crippen LogP contribution in [0.1, 0.15) is 15.9 Å². The van der Waals surface area contributed by atoms with Gasteiger partial charge < -0.3 is 15.4 Å². The van der Waals surface area contributed by atoms with Gasteiger partial charge in [0.25, 0.3) is 5.91 Å². The van der Waals surface area contributed by atoms with Crippen LogP contribution >= 0.6 is 0 Å². The molecule has 0 saturated heterocycles. The quantitative estimate of drug-likeness (QED) is 0.759. The zero-order valence-electron chi connectivity index (χ0n) is 14.3. The van der Waals surface area contributed by atoms with Crippen molar-refractivity contribution in [3.05, 3.63) is 66.1 Å². The summed E-state index contributed by atoms with van der Waals surface area (Å²) < 4.78 is 5.84. The van der Waals surface area contributed by atoms with Crippen LogP contribution in [-0.4, -0.2) is 29.5 Å². The van der Waals surface area contributed by atoms with Crippen molar-refractivity contribution >= 4 is 17.4 Å². The van der Waals surface area contributed by atoms with Crippen LogP contribution in [0, 0.1) is 0 Å². The molecular weight excluding hydrogens is 328 g/mol. The molecule has 6 heteroatoms. The van der Waals surface area contributed by atoms with Gasteiger partial charge in [0, 0.05) is 42.6 Å². The minimum Gasteiger partial charge on any atom is -0.489 e. The van der Waals surface area contributed by atoms with Crippen LogP contribution in [0.3, 0.4) is 0 Å². The molecule has 1 amide bonds. The van der Waals surface area contributed by atoms with Crippen molar-refractivity contribution in [2.75, 3.05) is 19.0 Å². The van der Waals surface area contributed by atoms with Gasteiger partial charge in [0.1, 0.15) is 0 Å². The molecule has 6 nitrogen and oxygen atoms in total. The standard InChI is InChI=1S/C20H18N4O2/c1-21-20(25)14-5-2-4-13(10-14)17-12-23-19(18-16(17)7-9-26-18)24-15-6-3-8-22-11-15/h2-6,8,10-12H,7,9H2,1H3,(H,21,25)(H,23,24). The Bertz CT molecular complexity index is 957. The second-order valence-electron chi connectivity index (χ2n) is 5.95. The van der Waals surface area contributed by atoms with Crippen molar-refractivity contribution in [1.82, 2.24) is 15.3 Å². The van der Waals surface area contributed by atoms with Crippen molar-refractivity contribution in [3.8, 4) is 16.9 Å². The van der Waals surface area contributed by atoms with Crippen LogP contribution in [0.25, 0.3) is 11.1 Å². The minimum absolute atomic E-state index is 0.109. The maximum atomic E-state index is 11.9. The summed E-state index contributed by atoms with van der Waals surface area (Å²) in [4.78, 5) is 20.6. The number of pyridine rings is 2. The molecule has 2 N–H and O–H groups in total. The number of ether oxygens (including phenoxy) is 1. The number of benzene rings is 1. The fraction of sp³-hybridized carbons (Fsp3) is 0.150. The highest BCUT2D eigenvalue weighted by atomic mass is 16.5. The van der Waals surface area contributed by atoms with Gasteiger partial charge in [-0.15, -0.1) is 0 Å². The van der Waals surface area contributed by atoms with Crippen molar-refractivity contribution < 1.29 is 9.53 Å². The second-order valence-corrected chi connectivity index (χ2v) is 5.95. The first-order valence-corrected chi connectivity index (χ1v) is 8.40. The van der Waals surface area contributed by atoms with Crippen LogP contribution in [0.15, 0.2) is 55.0 Å². The van der Waals surface area contributed by atoms with E-state index in [0.29, 0.717) is 18.0 Å². The molecule has 3 heterocycles. The molecular formula is C20H18N4O2. The summed E-state index contributed by atoms with van der Waals surface area (Å²) in [5, 5.41) is 5.91. The Balaban J connectivity index is 1.73. The van der Waals surface area contributed by atoms with Crippen molar-refractivity contribution in [2.24, 2.45) is 0 Å². The summed E-state index contributed by atoms with van der Waals surface area (Å²) >= 11 is 0. The zero-order chi connectivity index (χ0) is 17.9. The van der Waals surface area contributed by atoms with Gasteiger partial charge >= 0.3 is 0 Å². The number of rotatable bonds is 4. The fourth-order valence-electron chi connectivity index (χ4n) is 3.07. The molecule has 0 radical (unpaired) electrons. The van der Waals surface area contributed by atoms with E-state index >= 15 is 0 Å².